The molecule has 3 nitrogen and oxygen atoms in total. The van der Waals surface area contributed by atoms with Crippen LogP contribution < -0.4 is 10.6 Å². The summed E-state index contributed by atoms with van der Waals surface area (Å²) in [6.45, 7) is 9.53. The van der Waals surface area contributed by atoms with Crippen molar-refractivity contribution in [3.63, 3.8) is 0 Å². The van der Waals surface area contributed by atoms with Crippen molar-refractivity contribution in [3.8, 4) is 0 Å². The molecule has 1 heterocycles. The van der Waals surface area contributed by atoms with Crippen LogP contribution in [0, 0.1) is 0 Å². The molecule has 1 aromatic rings. The predicted octanol–water partition coefficient (Wildman–Crippen LogP) is 4.01. The van der Waals surface area contributed by atoms with Crippen molar-refractivity contribution < 1.29 is 0 Å². The van der Waals surface area contributed by atoms with Gasteiger partial charge < -0.3 is 10.6 Å². The van der Waals surface area contributed by atoms with E-state index in [0.29, 0.717) is 0 Å². The molecule has 0 radical (unpaired) electrons. The van der Waals surface area contributed by atoms with Crippen molar-refractivity contribution in [3.05, 3.63) is 28.8 Å². The summed E-state index contributed by atoms with van der Waals surface area (Å²) < 4.78 is 0. The number of anilines is 1. The van der Waals surface area contributed by atoms with E-state index in [1.807, 2.05) is 0 Å². The Morgan fingerprint density at radius 2 is 2.00 bits per heavy atom. The Morgan fingerprint density at radius 1 is 1.18 bits per heavy atom. The minimum atomic E-state index is 0.213. The molecule has 3 heteroatoms. The van der Waals surface area contributed by atoms with Crippen molar-refractivity contribution in [2.24, 2.45) is 4.99 Å². The minimum absolute atomic E-state index is 0.213. The summed E-state index contributed by atoms with van der Waals surface area (Å²) in [5.74, 6) is 1.22. The number of rotatable bonds is 6. The number of hydrogen-bond donors (Lipinski definition) is 2. The van der Waals surface area contributed by atoms with Gasteiger partial charge in [0.25, 0.3) is 0 Å². The van der Waals surface area contributed by atoms with Gasteiger partial charge in [-0.25, -0.2) is 0 Å². The molecule has 0 atom stereocenters. The second-order valence-electron chi connectivity index (χ2n) is 6.58. The molecule has 1 fully saturated rings. The third-order valence-electron chi connectivity index (χ3n) is 5.21. The summed E-state index contributed by atoms with van der Waals surface area (Å²) in [7, 11) is 0. The lowest BCUT2D eigenvalue weighted by atomic mass is 9.64. The van der Waals surface area contributed by atoms with E-state index in [1.54, 1.807) is 0 Å². The zero-order valence-corrected chi connectivity index (χ0v) is 14.3. The van der Waals surface area contributed by atoms with Crippen LogP contribution in [0.1, 0.15) is 63.1 Å². The summed E-state index contributed by atoms with van der Waals surface area (Å²) >= 11 is 0. The molecule has 0 unspecified atom stereocenters. The lowest BCUT2D eigenvalue weighted by molar-refractivity contribution is 0.346. The van der Waals surface area contributed by atoms with Gasteiger partial charge in [0.15, 0.2) is 0 Å². The van der Waals surface area contributed by atoms with E-state index in [0.717, 1.165) is 26.1 Å². The maximum Gasteiger partial charge on any atom is 0.111 e. The van der Waals surface area contributed by atoms with Crippen LogP contribution in [0.5, 0.6) is 0 Å². The van der Waals surface area contributed by atoms with Crippen LogP contribution in [0.2, 0.25) is 0 Å². The van der Waals surface area contributed by atoms with Gasteiger partial charge >= 0.3 is 0 Å². The fourth-order valence-corrected chi connectivity index (χ4v) is 3.84. The number of aryl methyl sites for hydroxylation is 1. The molecule has 2 aliphatic rings. The second-order valence-corrected chi connectivity index (χ2v) is 6.58. The molecule has 0 aromatic heterocycles. The molecule has 22 heavy (non-hydrogen) atoms. The third-order valence-corrected chi connectivity index (χ3v) is 5.21. The lowest BCUT2D eigenvalue weighted by Crippen LogP contribution is -2.41. The van der Waals surface area contributed by atoms with Crippen molar-refractivity contribution in [2.75, 3.05) is 18.4 Å². The van der Waals surface area contributed by atoms with E-state index < -0.39 is 0 Å². The van der Waals surface area contributed by atoms with Crippen LogP contribution in [-0.4, -0.2) is 18.9 Å². The molecule has 0 saturated heterocycles. The summed E-state index contributed by atoms with van der Waals surface area (Å²) in [6.07, 6.45) is 6.11. The van der Waals surface area contributed by atoms with E-state index in [-0.39, 0.29) is 5.41 Å². The van der Waals surface area contributed by atoms with Crippen molar-refractivity contribution in [1.29, 1.82) is 0 Å². The van der Waals surface area contributed by atoms with E-state index in [9.17, 15) is 0 Å². The van der Waals surface area contributed by atoms with Gasteiger partial charge in [0.05, 0.1) is 5.41 Å². The second kappa shape index (κ2) is 6.41. The fraction of sp³-hybridized carbons (Fsp3) is 0.632. The highest BCUT2D eigenvalue weighted by Gasteiger charge is 2.49. The molecule has 120 valence electrons. The number of hydrogen-bond acceptors (Lipinski definition) is 2. The quantitative estimate of drug-likeness (QED) is 0.779. The van der Waals surface area contributed by atoms with Gasteiger partial charge in [-0.05, 0) is 61.9 Å². The highest BCUT2D eigenvalue weighted by atomic mass is 15.1. The van der Waals surface area contributed by atoms with Crippen LogP contribution >= 0.6 is 0 Å². The molecule has 0 bridgehead atoms. The molecule has 1 aliphatic heterocycles. The average molecular weight is 299 g/mol. The molecular weight excluding hydrogens is 270 g/mol. The molecule has 2 N–H and O–H groups in total. The lowest BCUT2D eigenvalue weighted by Gasteiger charge is -2.38. The van der Waals surface area contributed by atoms with E-state index in [2.05, 4.69) is 43.5 Å². The first-order valence-electron chi connectivity index (χ1n) is 8.94. The molecule has 3 rings (SSSR count). The summed E-state index contributed by atoms with van der Waals surface area (Å²) in [4.78, 5) is 4.76. The molecule has 1 aliphatic carbocycles. The SMILES string of the molecule is CCCNCc1cc2c(cc1CC)C1(CCC1)C(=NCC)N2. The summed E-state index contributed by atoms with van der Waals surface area (Å²) in [5.41, 5.74) is 5.95. The van der Waals surface area contributed by atoms with Gasteiger partial charge in [-0.1, -0.05) is 26.3 Å². The number of amidine groups is 1. The normalized spacial score (nSPS) is 20.0. The van der Waals surface area contributed by atoms with Gasteiger partial charge in [-0.2, -0.15) is 0 Å². The average Bonchev–Trinajstić information content (AvgIpc) is 2.79. The third kappa shape index (κ3) is 2.45. The minimum Gasteiger partial charge on any atom is -0.343 e. The van der Waals surface area contributed by atoms with Gasteiger partial charge in [-0.3, -0.25) is 4.99 Å². The van der Waals surface area contributed by atoms with Crippen LogP contribution in [-0.2, 0) is 18.4 Å². The Balaban J connectivity index is 1.95. The Labute approximate surface area is 134 Å². The van der Waals surface area contributed by atoms with Gasteiger partial charge in [0.2, 0.25) is 0 Å². The zero-order valence-electron chi connectivity index (χ0n) is 14.3. The van der Waals surface area contributed by atoms with Crippen molar-refractivity contribution in [1.82, 2.24) is 5.32 Å². The number of fused-ring (bicyclic) bond motifs is 2. The highest BCUT2D eigenvalue weighted by molar-refractivity contribution is 6.10. The van der Waals surface area contributed by atoms with Gasteiger partial charge in [0.1, 0.15) is 5.84 Å². The standard InChI is InChI=1S/C19H29N3/c1-4-10-20-13-15-12-17-16(11-14(15)5-2)19(8-7-9-19)18(22-17)21-6-3/h11-12,20H,4-10,13H2,1-3H3,(H,21,22). The van der Waals surface area contributed by atoms with Crippen molar-refractivity contribution >= 4 is 11.5 Å². The monoisotopic (exact) mass is 299 g/mol. The van der Waals surface area contributed by atoms with E-state index >= 15 is 0 Å². The largest absolute Gasteiger partial charge is 0.343 e. The van der Waals surface area contributed by atoms with E-state index in [1.165, 1.54) is 53.9 Å². The first-order chi connectivity index (χ1) is 10.7. The summed E-state index contributed by atoms with van der Waals surface area (Å²) in [6, 6.07) is 4.83. The first kappa shape index (κ1) is 15.5. The zero-order chi connectivity index (χ0) is 15.6. The maximum absolute atomic E-state index is 4.76. The summed E-state index contributed by atoms with van der Waals surface area (Å²) in [5, 5.41) is 7.18. The van der Waals surface area contributed by atoms with Gasteiger partial charge in [-0.15, -0.1) is 0 Å². The van der Waals surface area contributed by atoms with Crippen LogP contribution in [0.15, 0.2) is 17.1 Å². The maximum atomic E-state index is 4.76. The predicted molar refractivity (Wildman–Crippen MR) is 94.9 cm³/mol. The Bertz CT molecular complexity index is 570. The van der Waals surface area contributed by atoms with Crippen molar-refractivity contribution in [2.45, 2.75) is 64.8 Å². The topological polar surface area (TPSA) is 36.4 Å². The Hall–Kier alpha value is -1.35. The Kier molecular flexibility index (Phi) is 4.53. The molecule has 1 aromatic carbocycles. The van der Waals surface area contributed by atoms with Crippen LogP contribution in [0.4, 0.5) is 5.69 Å². The first-order valence-corrected chi connectivity index (χ1v) is 8.94. The van der Waals surface area contributed by atoms with Crippen LogP contribution in [0.25, 0.3) is 0 Å². The van der Waals surface area contributed by atoms with Crippen LogP contribution in [0.3, 0.4) is 0 Å². The molecule has 1 saturated carbocycles. The molecule has 0 amide bonds. The van der Waals surface area contributed by atoms with Gasteiger partial charge in [0, 0.05) is 18.8 Å². The smallest absolute Gasteiger partial charge is 0.111 e. The molecular formula is C19H29N3. The number of benzene rings is 1. The highest BCUT2D eigenvalue weighted by Crippen LogP contribution is 2.52. The fourth-order valence-electron chi connectivity index (χ4n) is 3.84. The Morgan fingerprint density at radius 3 is 2.59 bits per heavy atom. The number of nitrogens with zero attached hydrogens (tertiary/aromatic N) is 1. The number of aliphatic imine (C=N–C) groups is 1. The van der Waals surface area contributed by atoms with E-state index in [4.69, 9.17) is 4.99 Å². The molecule has 1 spiro atoms. The number of nitrogens with one attached hydrogen (secondary N) is 2.